The van der Waals surface area contributed by atoms with Crippen LogP contribution in [0.25, 0.3) is 0 Å². The van der Waals surface area contributed by atoms with Gasteiger partial charge in [-0.15, -0.1) is 0 Å². The fraction of sp³-hybridized carbons (Fsp3) is 1.00. The molecule has 11 nitrogen and oxygen atoms in total. The van der Waals surface area contributed by atoms with Crippen molar-refractivity contribution in [1.29, 1.82) is 0 Å². The van der Waals surface area contributed by atoms with E-state index in [1.54, 1.807) is 4.72 Å². The smallest absolute Gasteiger partial charge is 0.391 e. The van der Waals surface area contributed by atoms with Gasteiger partial charge in [-0.3, -0.25) is 9.11 Å². The molecule has 20 heavy (non-hydrogen) atoms. The standard InChI is InChI=1S/C7H15NO10S2/c1-16-7-6(8-19(10,11)12)5(9)2-4(18-7)3-17-20(13,14)15/h4-9H,2-3H2,1H3,(H,10,11,12)(H,13,14,15)/t4?,5?,6?,7-/m0/s1. The molecule has 0 amide bonds. The Hall–Kier alpha value is -0.380. The SMILES string of the molecule is CO[C@H]1OC(COS(=O)(=O)O)CC(O)C1NS(=O)(=O)O. The lowest BCUT2D eigenvalue weighted by Gasteiger charge is -2.38. The van der Waals surface area contributed by atoms with E-state index in [9.17, 15) is 21.9 Å². The van der Waals surface area contributed by atoms with Crippen LogP contribution in [0.1, 0.15) is 6.42 Å². The maximum Gasteiger partial charge on any atom is 0.397 e. The van der Waals surface area contributed by atoms with Crippen LogP contribution in [0.3, 0.4) is 0 Å². The van der Waals surface area contributed by atoms with Crippen molar-refractivity contribution in [1.82, 2.24) is 4.72 Å². The minimum absolute atomic E-state index is 0.206. The lowest BCUT2D eigenvalue weighted by Crippen LogP contribution is -2.58. The summed E-state index contributed by atoms with van der Waals surface area (Å²) in [5.74, 6) is 0. The van der Waals surface area contributed by atoms with Crippen molar-refractivity contribution in [3.8, 4) is 0 Å². The van der Waals surface area contributed by atoms with Crippen LogP contribution in [-0.2, 0) is 34.4 Å². The summed E-state index contributed by atoms with van der Waals surface area (Å²) in [5, 5.41) is 9.77. The van der Waals surface area contributed by atoms with Crippen molar-refractivity contribution in [3.63, 3.8) is 0 Å². The predicted octanol–water partition coefficient (Wildman–Crippen LogP) is -2.31. The minimum Gasteiger partial charge on any atom is -0.391 e. The van der Waals surface area contributed by atoms with Gasteiger partial charge < -0.3 is 14.6 Å². The average molecular weight is 337 g/mol. The van der Waals surface area contributed by atoms with Gasteiger partial charge in [0.2, 0.25) is 0 Å². The summed E-state index contributed by atoms with van der Waals surface area (Å²) in [6.45, 7) is -0.589. The van der Waals surface area contributed by atoms with Crippen LogP contribution in [0, 0.1) is 0 Å². The molecule has 0 saturated carbocycles. The van der Waals surface area contributed by atoms with Gasteiger partial charge >= 0.3 is 20.7 Å². The summed E-state index contributed by atoms with van der Waals surface area (Å²) in [7, 11) is -8.10. The first-order valence-electron chi connectivity index (χ1n) is 5.24. The molecule has 1 rings (SSSR count). The van der Waals surface area contributed by atoms with Crippen LogP contribution in [0.5, 0.6) is 0 Å². The number of hydrogen-bond acceptors (Lipinski definition) is 8. The van der Waals surface area contributed by atoms with Gasteiger partial charge in [0, 0.05) is 13.5 Å². The fourth-order valence-corrected chi connectivity index (χ4v) is 2.64. The van der Waals surface area contributed by atoms with E-state index in [-0.39, 0.29) is 6.42 Å². The Morgan fingerprint density at radius 3 is 2.35 bits per heavy atom. The van der Waals surface area contributed by atoms with E-state index < -0.39 is 51.8 Å². The van der Waals surface area contributed by atoms with E-state index >= 15 is 0 Å². The van der Waals surface area contributed by atoms with Gasteiger partial charge in [0.1, 0.15) is 6.04 Å². The molecule has 1 aliphatic heterocycles. The third-order valence-electron chi connectivity index (χ3n) is 2.46. The summed E-state index contributed by atoms with van der Waals surface area (Å²) >= 11 is 0. The Morgan fingerprint density at radius 2 is 1.90 bits per heavy atom. The summed E-state index contributed by atoms with van der Waals surface area (Å²) in [4.78, 5) is 0. The average Bonchev–Trinajstić information content (AvgIpc) is 2.26. The van der Waals surface area contributed by atoms with E-state index in [2.05, 4.69) is 4.18 Å². The van der Waals surface area contributed by atoms with Gasteiger partial charge in [-0.25, -0.2) is 4.18 Å². The summed E-state index contributed by atoms with van der Waals surface area (Å²) in [5.41, 5.74) is 0. The topological polar surface area (TPSA) is 169 Å². The van der Waals surface area contributed by atoms with Crippen LogP contribution in [0.4, 0.5) is 0 Å². The minimum atomic E-state index is -4.66. The zero-order valence-electron chi connectivity index (χ0n) is 10.2. The molecule has 0 aromatic carbocycles. The van der Waals surface area contributed by atoms with Crippen molar-refractivity contribution < 1.29 is 44.7 Å². The highest BCUT2D eigenvalue weighted by Gasteiger charge is 2.40. The van der Waals surface area contributed by atoms with E-state index in [4.69, 9.17) is 18.6 Å². The quantitative estimate of drug-likeness (QED) is 0.386. The fourth-order valence-electron chi connectivity index (χ4n) is 1.70. The van der Waals surface area contributed by atoms with Crippen LogP contribution >= 0.6 is 0 Å². The summed E-state index contributed by atoms with van der Waals surface area (Å²) in [6, 6.07) is -1.28. The highest BCUT2D eigenvalue weighted by atomic mass is 32.3. The highest BCUT2D eigenvalue weighted by molar-refractivity contribution is 7.83. The molecule has 0 bridgehead atoms. The highest BCUT2D eigenvalue weighted by Crippen LogP contribution is 2.22. The third kappa shape index (κ3) is 5.94. The molecule has 4 atom stereocenters. The molecular formula is C7H15NO10S2. The number of aliphatic hydroxyl groups excluding tert-OH is 1. The molecule has 120 valence electrons. The van der Waals surface area contributed by atoms with Crippen molar-refractivity contribution in [2.45, 2.75) is 31.0 Å². The van der Waals surface area contributed by atoms with Crippen LogP contribution in [0.15, 0.2) is 0 Å². The second-order valence-electron chi connectivity index (χ2n) is 4.00. The maximum atomic E-state index is 10.7. The van der Waals surface area contributed by atoms with Gasteiger partial charge in [0.05, 0.1) is 18.8 Å². The van der Waals surface area contributed by atoms with Crippen LogP contribution in [-0.4, -0.2) is 69.3 Å². The van der Waals surface area contributed by atoms with Gasteiger partial charge in [-0.2, -0.15) is 21.6 Å². The maximum absolute atomic E-state index is 10.7. The molecule has 13 heteroatoms. The summed E-state index contributed by atoms with van der Waals surface area (Å²) < 4.78 is 75.1. The molecule has 1 saturated heterocycles. The van der Waals surface area contributed by atoms with E-state index in [0.29, 0.717) is 0 Å². The number of methoxy groups -OCH3 is 1. The first-order valence-corrected chi connectivity index (χ1v) is 8.05. The molecule has 0 spiro atoms. The van der Waals surface area contributed by atoms with Crippen molar-refractivity contribution >= 4 is 20.7 Å². The number of nitrogens with one attached hydrogen (secondary N) is 1. The van der Waals surface area contributed by atoms with Crippen molar-refractivity contribution in [3.05, 3.63) is 0 Å². The number of rotatable bonds is 6. The first kappa shape index (κ1) is 17.7. The second-order valence-corrected chi connectivity index (χ2v) is 6.27. The Bertz CT molecular complexity index is 516. The lowest BCUT2D eigenvalue weighted by molar-refractivity contribution is -0.222. The molecule has 0 aliphatic carbocycles. The molecule has 0 radical (unpaired) electrons. The lowest BCUT2D eigenvalue weighted by atomic mass is 10.0. The van der Waals surface area contributed by atoms with E-state index in [0.717, 1.165) is 7.11 Å². The predicted molar refractivity (Wildman–Crippen MR) is 62.3 cm³/mol. The summed E-state index contributed by atoms with van der Waals surface area (Å²) in [6.07, 6.45) is -3.78. The molecule has 1 heterocycles. The van der Waals surface area contributed by atoms with E-state index in [1.165, 1.54) is 0 Å². The molecule has 1 aliphatic rings. The van der Waals surface area contributed by atoms with Gasteiger partial charge in [-0.1, -0.05) is 0 Å². The molecular weight excluding hydrogens is 322 g/mol. The van der Waals surface area contributed by atoms with Crippen LogP contribution < -0.4 is 4.72 Å². The van der Waals surface area contributed by atoms with Gasteiger partial charge in [-0.05, 0) is 0 Å². The molecule has 3 unspecified atom stereocenters. The zero-order chi connectivity index (χ0) is 15.6. The molecule has 0 aromatic rings. The Labute approximate surface area is 115 Å². The Morgan fingerprint density at radius 1 is 1.30 bits per heavy atom. The second kappa shape index (κ2) is 6.59. The normalized spacial score (nSPS) is 32.2. The van der Waals surface area contributed by atoms with E-state index in [1.807, 2.05) is 0 Å². The van der Waals surface area contributed by atoms with Crippen molar-refractivity contribution in [2.24, 2.45) is 0 Å². The molecule has 0 aromatic heterocycles. The number of aliphatic hydroxyl groups is 1. The number of ether oxygens (including phenoxy) is 2. The first-order chi connectivity index (χ1) is 9.02. The van der Waals surface area contributed by atoms with Gasteiger partial charge in [0.15, 0.2) is 6.29 Å². The molecule has 4 N–H and O–H groups in total. The monoisotopic (exact) mass is 337 g/mol. The number of hydrogen-bond donors (Lipinski definition) is 4. The van der Waals surface area contributed by atoms with Gasteiger partial charge in [0.25, 0.3) is 0 Å². The van der Waals surface area contributed by atoms with Crippen LogP contribution in [0.2, 0.25) is 0 Å². The van der Waals surface area contributed by atoms with Crippen molar-refractivity contribution in [2.75, 3.05) is 13.7 Å². The molecule has 1 fully saturated rings. The zero-order valence-corrected chi connectivity index (χ0v) is 11.9. The Balaban J connectivity index is 2.70. The Kier molecular flexibility index (Phi) is 5.82. The largest absolute Gasteiger partial charge is 0.397 e. The third-order valence-corrected chi connectivity index (χ3v) is 3.46.